The number of hydrogen-bond acceptors (Lipinski definition) is 6. The van der Waals surface area contributed by atoms with Crippen LogP contribution in [0.1, 0.15) is 40.5 Å². The van der Waals surface area contributed by atoms with Gasteiger partial charge < -0.3 is 19.1 Å². The third-order valence-corrected chi connectivity index (χ3v) is 2.75. The lowest BCUT2D eigenvalue weighted by Gasteiger charge is -2.31. The van der Waals surface area contributed by atoms with Crippen LogP contribution in [0.4, 0.5) is 0 Å². The minimum absolute atomic E-state index is 0.315. The molecule has 0 spiro atoms. The van der Waals surface area contributed by atoms with Crippen LogP contribution in [0.2, 0.25) is 0 Å². The topological polar surface area (TPSA) is 87.9 Å². The molecule has 2 atom stereocenters. The first-order valence-electron chi connectivity index (χ1n) is 5.81. The fourth-order valence-corrected chi connectivity index (χ4v) is 2.11. The minimum Gasteiger partial charge on any atom is -0.344 e. The molecule has 0 saturated carbocycles. The Balaban J connectivity index is 2.81. The average molecular weight is 261 g/mol. The van der Waals surface area contributed by atoms with Gasteiger partial charge in [0.1, 0.15) is 18.0 Å². The molecule has 0 aromatic carbocycles. The molecule has 0 unspecified atom stereocenters. The van der Waals surface area contributed by atoms with Gasteiger partial charge in [-0.2, -0.15) is 0 Å². The maximum Gasteiger partial charge on any atom is 0.295 e. The van der Waals surface area contributed by atoms with Gasteiger partial charge in [-0.25, -0.2) is 0 Å². The smallest absolute Gasteiger partial charge is 0.295 e. The molecular formula is C11H19NO6. The molecule has 1 aliphatic heterocycles. The number of nitrogens with zero attached hydrogens (tertiary/aromatic N) is 1. The quantitative estimate of drug-likeness (QED) is 0.408. The molecule has 1 rings (SSSR count). The first-order valence-corrected chi connectivity index (χ1v) is 5.81. The highest BCUT2D eigenvalue weighted by atomic mass is 17.0. The largest absolute Gasteiger partial charge is 0.344 e. The Morgan fingerprint density at radius 2 is 2.06 bits per heavy atom. The van der Waals surface area contributed by atoms with Crippen LogP contribution in [0.15, 0.2) is 0 Å². The summed E-state index contributed by atoms with van der Waals surface area (Å²) >= 11 is 0. The monoisotopic (exact) mass is 261 g/mol. The summed E-state index contributed by atoms with van der Waals surface area (Å²) in [6, 6.07) is 0. The summed E-state index contributed by atoms with van der Waals surface area (Å²) in [4.78, 5) is 25.6. The van der Waals surface area contributed by atoms with Crippen LogP contribution in [0.3, 0.4) is 0 Å². The zero-order valence-electron chi connectivity index (χ0n) is 11.0. The highest BCUT2D eigenvalue weighted by Crippen LogP contribution is 2.37. The van der Waals surface area contributed by atoms with Gasteiger partial charge in [-0.1, -0.05) is 0 Å². The van der Waals surface area contributed by atoms with Crippen molar-refractivity contribution in [3.63, 3.8) is 0 Å². The third kappa shape index (κ3) is 3.64. The number of carbonyl (C=O) groups excluding carboxylic acids is 1. The molecule has 0 bridgehead atoms. The average Bonchev–Trinajstić information content (AvgIpc) is 2.49. The molecule has 7 nitrogen and oxygen atoms in total. The van der Waals surface area contributed by atoms with Gasteiger partial charge in [-0.15, -0.1) is 10.1 Å². The summed E-state index contributed by atoms with van der Waals surface area (Å²) in [7, 11) is 0. The van der Waals surface area contributed by atoms with Gasteiger partial charge >= 0.3 is 0 Å². The molecule has 0 N–H and O–H groups in total. The highest BCUT2D eigenvalue weighted by Gasteiger charge is 2.50. The second kappa shape index (κ2) is 5.19. The zero-order chi connectivity index (χ0) is 14.0. The Hall–Kier alpha value is -1.21. The van der Waals surface area contributed by atoms with E-state index in [9.17, 15) is 14.9 Å². The predicted molar refractivity (Wildman–Crippen MR) is 61.3 cm³/mol. The van der Waals surface area contributed by atoms with E-state index in [0.717, 1.165) is 6.29 Å². The Morgan fingerprint density at radius 3 is 2.56 bits per heavy atom. The van der Waals surface area contributed by atoms with Crippen LogP contribution < -0.4 is 0 Å². The molecule has 1 fully saturated rings. The molecule has 1 saturated heterocycles. The van der Waals surface area contributed by atoms with Crippen molar-refractivity contribution in [3.8, 4) is 0 Å². The van der Waals surface area contributed by atoms with Crippen molar-refractivity contribution in [1.82, 2.24) is 0 Å². The van der Waals surface area contributed by atoms with E-state index in [4.69, 9.17) is 9.47 Å². The summed E-state index contributed by atoms with van der Waals surface area (Å²) in [5.41, 5.74) is -1.13. The van der Waals surface area contributed by atoms with Crippen molar-refractivity contribution < 1.29 is 24.2 Å². The molecule has 0 aliphatic carbocycles. The molecule has 0 radical (unpaired) electrons. The second-order valence-electron chi connectivity index (χ2n) is 5.26. The molecule has 7 heteroatoms. The van der Waals surface area contributed by atoms with Crippen LogP contribution in [0.5, 0.6) is 0 Å². The van der Waals surface area contributed by atoms with Crippen LogP contribution in [-0.2, 0) is 19.1 Å². The van der Waals surface area contributed by atoms with Crippen molar-refractivity contribution in [2.24, 2.45) is 0 Å². The molecular weight excluding hydrogens is 242 g/mol. The van der Waals surface area contributed by atoms with Gasteiger partial charge in [0, 0.05) is 6.42 Å². The van der Waals surface area contributed by atoms with Crippen molar-refractivity contribution in [2.75, 3.05) is 0 Å². The van der Waals surface area contributed by atoms with Crippen LogP contribution in [0, 0.1) is 10.1 Å². The van der Waals surface area contributed by atoms with E-state index in [1.54, 1.807) is 27.7 Å². The molecule has 0 aromatic rings. The molecule has 0 aromatic heterocycles. The van der Waals surface area contributed by atoms with E-state index in [1.165, 1.54) is 0 Å². The Bertz CT molecular complexity index is 327. The number of carbonyl (C=O) groups is 1. The van der Waals surface area contributed by atoms with E-state index >= 15 is 0 Å². The van der Waals surface area contributed by atoms with Gasteiger partial charge in [0.05, 0.1) is 6.10 Å². The molecule has 1 aliphatic rings. The predicted octanol–water partition coefficient (Wildman–Crippen LogP) is 1.47. The minimum atomic E-state index is -1.13. The third-order valence-electron chi connectivity index (χ3n) is 2.75. The Kier molecular flexibility index (Phi) is 4.28. The molecule has 18 heavy (non-hydrogen) atoms. The number of aldehydes is 1. The lowest BCUT2D eigenvalue weighted by Crippen LogP contribution is -2.46. The Morgan fingerprint density at radius 1 is 1.44 bits per heavy atom. The highest BCUT2D eigenvalue weighted by molar-refractivity contribution is 5.49. The molecule has 104 valence electrons. The SMILES string of the molecule is CC1(C)O[C@@H](CCC=O)[C@H](C(C)(C)O[N+](=O)[O-])O1. The summed E-state index contributed by atoms with van der Waals surface area (Å²) in [5.74, 6) is -0.838. The fraction of sp³-hybridized carbons (Fsp3) is 0.909. The van der Waals surface area contributed by atoms with E-state index in [-0.39, 0.29) is 0 Å². The van der Waals surface area contributed by atoms with Crippen molar-refractivity contribution >= 4 is 6.29 Å². The van der Waals surface area contributed by atoms with Crippen LogP contribution in [0.25, 0.3) is 0 Å². The maximum atomic E-state index is 10.5. The zero-order valence-corrected chi connectivity index (χ0v) is 11.0. The number of rotatable bonds is 6. The van der Waals surface area contributed by atoms with Gasteiger partial charge in [-0.05, 0) is 34.1 Å². The second-order valence-corrected chi connectivity index (χ2v) is 5.26. The summed E-state index contributed by atoms with van der Waals surface area (Å²) in [6.07, 6.45) is 0.544. The maximum absolute atomic E-state index is 10.5. The van der Waals surface area contributed by atoms with E-state index in [1.807, 2.05) is 0 Å². The lowest BCUT2D eigenvalue weighted by molar-refractivity contribution is -0.781. The first kappa shape index (κ1) is 14.8. The fourth-order valence-electron chi connectivity index (χ4n) is 2.11. The van der Waals surface area contributed by atoms with E-state index in [2.05, 4.69) is 4.84 Å². The van der Waals surface area contributed by atoms with Crippen molar-refractivity contribution in [2.45, 2.75) is 64.1 Å². The number of hydrogen-bond donors (Lipinski definition) is 0. The lowest BCUT2D eigenvalue weighted by atomic mass is 9.94. The van der Waals surface area contributed by atoms with Crippen LogP contribution >= 0.6 is 0 Å². The Labute approximate surface area is 105 Å². The standard InChI is InChI=1S/C11H19NO6/c1-10(2,18-12(14)15)9-8(6-5-7-13)16-11(3,4)17-9/h7-9H,5-6H2,1-4H3/t8-,9+/m0/s1. The molecule has 0 amide bonds. The van der Waals surface area contributed by atoms with Crippen LogP contribution in [-0.4, -0.2) is 35.0 Å². The molecule has 1 heterocycles. The summed E-state index contributed by atoms with van der Waals surface area (Å²) in [5, 5.41) is 9.64. The van der Waals surface area contributed by atoms with Crippen molar-refractivity contribution in [3.05, 3.63) is 10.1 Å². The normalized spacial score (nSPS) is 26.9. The number of ether oxygens (including phenoxy) is 2. The van der Waals surface area contributed by atoms with E-state index in [0.29, 0.717) is 12.8 Å². The van der Waals surface area contributed by atoms with E-state index < -0.39 is 28.7 Å². The van der Waals surface area contributed by atoms with Gasteiger partial charge in [0.15, 0.2) is 5.79 Å². The summed E-state index contributed by atoms with van der Waals surface area (Å²) < 4.78 is 11.3. The first-order chi connectivity index (χ1) is 8.18. The van der Waals surface area contributed by atoms with Gasteiger partial charge in [0.2, 0.25) is 0 Å². The van der Waals surface area contributed by atoms with Crippen molar-refractivity contribution in [1.29, 1.82) is 0 Å². The van der Waals surface area contributed by atoms with Gasteiger partial charge in [0.25, 0.3) is 5.09 Å². The summed E-state index contributed by atoms with van der Waals surface area (Å²) in [6.45, 7) is 6.59. The van der Waals surface area contributed by atoms with Gasteiger partial charge in [-0.3, -0.25) is 0 Å².